The van der Waals surface area contributed by atoms with Gasteiger partial charge in [-0.25, -0.2) is 4.39 Å². The maximum Gasteiger partial charge on any atom is 0.138 e. The average Bonchev–Trinajstić information content (AvgIpc) is 2.41. The van der Waals surface area contributed by atoms with E-state index < -0.39 is 0 Å². The molecule has 1 atom stereocenters. The quantitative estimate of drug-likeness (QED) is 0.836. The van der Waals surface area contributed by atoms with Gasteiger partial charge in [0.25, 0.3) is 0 Å². The summed E-state index contributed by atoms with van der Waals surface area (Å²) in [5, 5.41) is 8.70. The van der Waals surface area contributed by atoms with Crippen molar-refractivity contribution in [3.8, 4) is 11.8 Å². The van der Waals surface area contributed by atoms with E-state index in [4.69, 9.17) is 5.11 Å². The summed E-state index contributed by atoms with van der Waals surface area (Å²) in [5.74, 6) is 5.80. The first-order valence-corrected chi connectivity index (χ1v) is 7.04. The molecule has 1 aromatic rings. The first-order chi connectivity index (χ1) is 9.45. The minimum absolute atomic E-state index is 0.00293. The molecular formula is C17H24FNO. The third-order valence-corrected chi connectivity index (χ3v) is 3.58. The van der Waals surface area contributed by atoms with Crippen LogP contribution in [0.1, 0.15) is 38.3 Å². The van der Waals surface area contributed by atoms with Crippen molar-refractivity contribution >= 4 is 0 Å². The molecule has 0 amide bonds. The van der Waals surface area contributed by atoms with E-state index in [0.29, 0.717) is 23.9 Å². The van der Waals surface area contributed by atoms with Crippen LogP contribution in [-0.2, 0) is 6.54 Å². The molecule has 0 heterocycles. The fraction of sp³-hybridized carbons (Fsp3) is 0.529. The van der Waals surface area contributed by atoms with Gasteiger partial charge >= 0.3 is 0 Å². The van der Waals surface area contributed by atoms with Crippen LogP contribution in [0.5, 0.6) is 0 Å². The van der Waals surface area contributed by atoms with E-state index in [1.807, 2.05) is 0 Å². The predicted octanol–water partition coefficient (Wildman–Crippen LogP) is 3.04. The van der Waals surface area contributed by atoms with Crippen LogP contribution in [0.15, 0.2) is 18.2 Å². The molecule has 1 aromatic carbocycles. The molecule has 0 radical (unpaired) electrons. The van der Waals surface area contributed by atoms with Gasteiger partial charge in [0.2, 0.25) is 0 Å². The molecule has 1 unspecified atom stereocenters. The van der Waals surface area contributed by atoms with Crippen molar-refractivity contribution in [2.24, 2.45) is 5.92 Å². The Kier molecular flexibility index (Phi) is 6.70. The van der Waals surface area contributed by atoms with E-state index in [9.17, 15) is 4.39 Å². The molecule has 1 N–H and O–H groups in total. The summed E-state index contributed by atoms with van der Waals surface area (Å²) in [6.07, 6.45) is 0.369. The summed E-state index contributed by atoms with van der Waals surface area (Å²) in [5.41, 5.74) is 1.45. The van der Waals surface area contributed by atoms with Gasteiger partial charge in [0.15, 0.2) is 0 Å². The van der Waals surface area contributed by atoms with Crippen LogP contribution >= 0.6 is 0 Å². The largest absolute Gasteiger partial charge is 0.395 e. The molecule has 0 aliphatic rings. The standard InChI is InChI=1S/C17H24FNO/c1-13(2)14(3)19(4)12-15-8-9-17(18)16(11-15)7-5-6-10-20/h8-9,11,13-14,20H,6,10,12H2,1-4H3. The summed E-state index contributed by atoms with van der Waals surface area (Å²) in [6.45, 7) is 7.35. The van der Waals surface area contributed by atoms with Crippen LogP contribution in [0.4, 0.5) is 4.39 Å². The fourth-order valence-electron chi connectivity index (χ4n) is 1.92. The van der Waals surface area contributed by atoms with Crippen LogP contribution in [0, 0.1) is 23.6 Å². The third kappa shape index (κ3) is 4.96. The van der Waals surface area contributed by atoms with Gasteiger partial charge in [-0.05, 0) is 37.6 Å². The van der Waals surface area contributed by atoms with E-state index in [1.165, 1.54) is 6.07 Å². The van der Waals surface area contributed by atoms with Crippen molar-refractivity contribution in [3.63, 3.8) is 0 Å². The first kappa shape index (κ1) is 16.7. The normalized spacial score (nSPS) is 12.4. The van der Waals surface area contributed by atoms with Crippen LogP contribution in [0.25, 0.3) is 0 Å². The van der Waals surface area contributed by atoms with Crippen LogP contribution in [-0.4, -0.2) is 29.7 Å². The molecule has 20 heavy (non-hydrogen) atoms. The highest BCUT2D eigenvalue weighted by molar-refractivity contribution is 5.38. The Balaban J connectivity index is 2.83. The monoisotopic (exact) mass is 277 g/mol. The van der Waals surface area contributed by atoms with E-state index >= 15 is 0 Å². The van der Waals surface area contributed by atoms with Gasteiger partial charge in [-0.15, -0.1) is 0 Å². The lowest BCUT2D eigenvalue weighted by molar-refractivity contribution is 0.200. The minimum Gasteiger partial charge on any atom is -0.395 e. The van der Waals surface area contributed by atoms with Crippen LogP contribution in [0.3, 0.4) is 0 Å². The molecule has 2 nitrogen and oxygen atoms in total. The van der Waals surface area contributed by atoms with Crippen molar-refractivity contribution in [3.05, 3.63) is 35.1 Å². The second-order valence-corrected chi connectivity index (χ2v) is 5.49. The van der Waals surface area contributed by atoms with Gasteiger partial charge in [0.1, 0.15) is 5.82 Å². The third-order valence-electron chi connectivity index (χ3n) is 3.58. The molecule has 0 spiro atoms. The molecule has 0 bridgehead atoms. The van der Waals surface area contributed by atoms with Crippen molar-refractivity contribution < 1.29 is 9.50 Å². The van der Waals surface area contributed by atoms with Crippen LogP contribution < -0.4 is 0 Å². The number of hydrogen-bond acceptors (Lipinski definition) is 2. The maximum atomic E-state index is 13.6. The second kappa shape index (κ2) is 8.04. The molecular weight excluding hydrogens is 253 g/mol. The fourth-order valence-corrected chi connectivity index (χ4v) is 1.92. The molecule has 0 fully saturated rings. The van der Waals surface area contributed by atoms with Gasteiger partial charge in [0, 0.05) is 19.0 Å². The van der Waals surface area contributed by atoms with Crippen molar-refractivity contribution in [2.75, 3.05) is 13.7 Å². The molecule has 110 valence electrons. The topological polar surface area (TPSA) is 23.5 Å². The minimum atomic E-state index is -0.307. The highest BCUT2D eigenvalue weighted by Crippen LogP contribution is 2.15. The van der Waals surface area contributed by atoms with Crippen molar-refractivity contribution in [2.45, 2.75) is 39.8 Å². The van der Waals surface area contributed by atoms with E-state index in [-0.39, 0.29) is 12.4 Å². The smallest absolute Gasteiger partial charge is 0.138 e. The Morgan fingerprint density at radius 1 is 1.30 bits per heavy atom. The Labute approximate surface area is 121 Å². The first-order valence-electron chi connectivity index (χ1n) is 7.04. The SMILES string of the molecule is CC(C)C(C)N(C)Cc1ccc(F)c(C#CCCO)c1. The maximum absolute atomic E-state index is 13.6. The van der Waals surface area contributed by atoms with E-state index in [0.717, 1.165) is 12.1 Å². The Bertz CT molecular complexity index is 487. The highest BCUT2D eigenvalue weighted by atomic mass is 19.1. The molecule has 3 heteroatoms. The molecule has 0 saturated heterocycles. The Morgan fingerprint density at radius 3 is 2.60 bits per heavy atom. The number of aliphatic hydroxyl groups excluding tert-OH is 1. The summed E-state index contributed by atoms with van der Waals surface area (Å²) in [4.78, 5) is 2.25. The lowest BCUT2D eigenvalue weighted by atomic mass is 10.0. The molecule has 0 aliphatic heterocycles. The zero-order valence-corrected chi connectivity index (χ0v) is 12.8. The summed E-state index contributed by atoms with van der Waals surface area (Å²) in [7, 11) is 2.07. The zero-order valence-electron chi connectivity index (χ0n) is 12.8. The van der Waals surface area contributed by atoms with E-state index in [1.54, 1.807) is 12.1 Å². The number of halogens is 1. The predicted molar refractivity (Wildman–Crippen MR) is 80.7 cm³/mol. The molecule has 1 rings (SSSR count). The highest BCUT2D eigenvalue weighted by Gasteiger charge is 2.13. The van der Waals surface area contributed by atoms with Gasteiger partial charge in [-0.3, -0.25) is 4.90 Å². The summed E-state index contributed by atoms with van der Waals surface area (Å²) in [6, 6.07) is 5.52. The Morgan fingerprint density at radius 2 is 2.00 bits per heavy atom. The van der Waals surface area contributed by atoms with E-state index in [2.05, 4.69) is 44.6 Å². The number of aliphatic hydroxyl groups is 1. The number of hydrogen-bond donors (Lipinski definition) is 1. The van der Waals surface area contributed by atoms with Crippen LogP contribution in [0.2, 0.25) is 0 Å². The van der Waals surface area contributed by atoms with Gasteiger partial charge in [-0.2, -0.15) is 0 Å². The Hall–Kier alpha value is -1.37. The lowest BCUT2D eigenvalue weighted by Gasteiger charge is -2.27. The number of nitrogens with zero attached hydrogens (tertiary/aromatic N) is 1. The zero-order chi connectivity index (χ0) is 15.1. The number of benzene rings is 1. The van der Waals surface area contributed by atoms with Crippen molar-refractivity contribution in [1.29, 1.82) is 0 Å². The van der Waals surface area contributed by atoms with Gasteiger partial charge < -0.3 is 5.11 Å². The number of rotatable bonds is 5. The summed E-state index contributed by atoms with van der Waals surface area (Å²) >= 11 is 0. The molecule has 0 saturated carbocycles. The van der Waals surface area contributed by atoms with Crippen molar-refractivity contribution in [1.82, 2.24) is 4.90 Å². The second-order valence-electron chi connectivity index (χ2n) is 5.49. The van der Waals surface area contributed by atoms with Gasteiger partial charge in [0.05, 0.1) is 12.2 Å². The molecule has 0 aromatic heterocycles. The average molecular weight is 277 g/mol. The lowest BCUT2D eigenvalue weighted by Crippen LogP contribution is -2.32. The molecule has 0 aliphatic carbocycles. The summed E-state index contributed by atoms with van der Waals surface area (Å²) < 4.78 is 13.6. The van der Waals surface area contributed by atoms with Gasteiger partial charge in [-0.1, -0.05) is 31.8 Å².